The maximum absolute atomic E-state index is 12.9. The summed E-state index contributed by atoms with van der Waals surface area (Å²) in [6.07, 6.45) is 7.84. The van der Waals surface area contributed by atoms with Crippen molar-refractivity contribution in [3.8, 4) is 5.75 Å². The zero-order chi connectivity index (χ0) is 24.7. The van der Waals surface area contributed by atoms with E-state index in [1.54, 1.807) is 7.11 Å². The monoisotopic (exact) mass is 478 g/mol. The third-order valence-corrected chi connectivity index (χ3v) is 8.26. The number of ether oxygens (including phenoxy) is 2. The van der Waals surface area contributed by atoms with Crippen LogP contribution in [0.3, 0.4) is 0 Å². The van der Waals surface area contributed by atoms with E-state index in [1.807, 2.05) is 13.2 Å². The summed E-state index contributed by atoms with van der Waals surface area (Å²) < 4.78 is 11.6. The zero-order valence-corrected chi connectivity index (χ0v) is 21.7. The molecule has 2 aromatic rings. The first-order valence-electron chi connectivity index (χ1n) is 13.2. The van der Waals surface area contributed by atoms with Crippen molar-refractivity contribution in [3.63, 3.8) is 0 Å². The maximum Gasteiger partial charge on any atom is 0.220 e. The van der Waals surface area contributed by atoms with Gasteiger partial charge in [-0.2, -0.15) is 0 Å². The van der Waals surface area contributed by atoms with Crippen LogP contribution in [0.2, 0.25) is 0 Å². The van der Waals surface area contributed by atoms with E-state index >= 15 is 0 Å². The smallest absolute Gasteiger partial charge is 0.220 e. The second kappa shape index (κ2) is 12.0. The van der Waals surface area contributed by atoms with E-state index < -0.39 is 0 Å². The molecule has 190 valence electrons. The number of piperidine rings is 1. The number of rotatable bonds is 10. The van der Waals surface area contributed by atoms with E-state index in [4.69, 9.17) is 9.47 Å². The van der Waals surface area contributed by atoms with Gasteiger partial charge in [-0.3, -0.25) is 4.79 Å². The van der Waals surface area contributed by atoms with Gasteiger partial charge in [0.05, 0.1) is 13.2 Å². The fraction of sp³-hybridized carbons (Fsp3) is 0.567. The van der Waals surface area contributed by atoms with Crippen molar-refractivity contribution in [1.29, 1.82) is 0 Å². The first kappa shape index (κ1) is 25.7. The number of unbranched alkanes of at least 4 members (excludes halogenated alkanes) is 2. The molecule has 1 aliphatic carbocycles. The summed E-state index contributed by atoms with van der Waals surface area (Å²) in [4.78, 5) is 15.3. The SMILES string of the molecule is COc1cccc([C@@]23CCN(C)C[C@H]2C(OC)C[C@@H](NC(=O)CCCCCc2ccccc2)C3)c1. The van der Waals surface area contributed by atoms with E-state index in [-0.39, 0.29) is 23.5 Å². The minimum absolute atomic E-state index is 0.0202. The van der Waals surface area contributed by atoms with Gasteiger partial charge in [-0.25, -0.2) is 0 Å². The quantitative estimate of drug-likeness (QED) is 0.489. The van der Waals surface area contributed by atoms with Crippen molar-refractivity contribution in [2.75, 3.05) is 34.4 Å². The Morgan fingerprint density at radius 2 is 1.91 bits per heavy atom. The van der Waals surface area contributed by atoms with Crippen molar-refractivity contribution in [2.24, 2.45) is 5.92 Å². The molecule has 1 aliphatic heterocycles. The third-order valence-electron chi connectivity index (χ3n) is 8.26. The number of nitrogens with one attached hydrogen (secondary N) is 1. The number of carbonyl (C=O) groups is 1. The predicted octanol–water partition coefficient (Wildman–Crippen LogP) is 4.98. The van der Waals surface area contributed by atoms with Gasteiger partial charge in [0.25, 0.3) is 0 Å². The summed E-state index contributed by atoms with van der Waals surface area (Å²) >= 11 is 0. The van der Waals surface area contributed by atoms with E-state index in [0.29, 0.717) is 12.3 Å². The van der Waals surface area contributed by atoms with E-state index in [1.165, 1.54) is 11.1 Å². The molecular weight excluding hydrogens is 436 g/mol. The second-order valence-corrected chi connectivity index (χ2v) is 10.5. The van der Waals surface area contributed by atoms with Gasteiger partial charge in [0.1, 0.15) is 5.75 Å². The molecule has 1 saturated heterocycles. The highest BCUT2D eigenvalue weighted by molar-refractivity contribution is 5.76. The average molecular weight is 479 g/mol. The number of nitrogens with zero attached hydrogens (tertiary/aromatic N) is 1. The van der Waals surface area contributed by atoms with Crippen molar-refractivity contribution in [1.82, 2.24) is 10.2 Å². The van der Waals surface area contributed by atoms with Crippen LogP contribution < -0.4 is 10.1 Å². The van der Waals surface area contributed by atoms with Gasteiger partial charge in [-0.15, -0.1) is 0 Å². The molecule has 35 heavy (non-hydrogen) atoms. The molecule has 2 aliphatic rings. The Balaban J connectivity index is 1.39. The largest absolute Gasteiger partial charge is 0.497 e. The Labute approximate surface area is 211 Å². The molecule has 5 heteroatoms. The molecule has 1 unspecified atom stereocenters. The van der Waals surface area contributed by atoms with Gasteiger partial charge in [0, 0.05) is 37.5 Å². The standard InChI is InChI=1S/C30H42N2O3/c1-32-18-17-30(24-14-10-15-26(19-24)34-2)21-25(20-28(35-3)27(30)22-32)31-29(33)16-9-5-8-13-23-11-6-4-7-12-23/h4,6-7,10-12,14-15,19,25,27-28H,5,8-9,13,16-18,20-22H2,1-3H3,(H,31,33)/t25-,27+,28?,30+/m1/s1. The van der Waals surface area contributed by atoms with Crippen molar-refractivity contribution in [3.05, 3.63) is 65.7 Å². The molecule has 1 heterocycles. The minimum Gasteiger partial charge on any atom is -0.497 e. The zero-order valence-electron chi connectivity index (χ0n) is 21.7. The molecule has 0 radical (unpaired) electrons. The van der Waals surface area contributed by atoms with Crippen LogP contribution in [0.15, 0.2) is 54.6 Å². The fourth-order valence-electron chi connectivity index (χ4n) is 6.39. The number of likely N-dealkylation sites (tertiary alicyclic amines) is 1. The van der Waals surface area contributed by atoms with Crippen LogP contribution in [0.25, 0.3) is 0 Å². The molecule has 0 aromatic heterocycles. The van der Waals surface area contributed by atoms with Crippen LogP contribution in [0.5, 0.6) is 5.75 Å². The topological polar surface area (TPSA) is 50.8 Å². The van der Waals surface area contributed by atoms with Crippen LogP contribution in [-0.4, -0.2) is 57.3 Å². The second-order valence-electron chi connectivity index (χ2n) is 10.5. The molecule has 2 aromatic carbocycles. The predicted molar refractivity (Wildman–Crippen MR) is 141 cm³/mol. The third kappa shape index (κ3) is 6.25. The number of amides is 1. The molecule has 1 N–H and O–H groups in total. The summed E-state index contributed by atoms with van der Waals surface area (Å²) in [5.41, 5.74) is 2.67. The Kier molecular flexibility index (Phi) is 8.85. The molecule has 4 rings (SSSR count). The Bertz CT molecular complexity index is 950. The van der Waals surface area contributed by atoms with Crippen LogP contribution in [0.1, 0.15) is 56.1 Å². The van der Waals surface area contributed by atoms with Gasteiger partial charge >= 0.3 is 0 Å². The molecule has 1 amide bonds. The number of carbonyl (C=O) groups excluding carboxylic acids is 1. The number of methoxy groups -OCH3 is 2. The van der Waals surface area contributed by atoms with Gasteiger partial charge in [0.15, 0.2) is 0 Å². The molecule has 0 spiro atoms. The average Bonchev–Trinajstić information content (AvgIpc) is 2.89. The van der Waals surface area contributed by atoms with E-state index in [0.717, 1.165) is 63.8 Å². The fourth-order valence-corrected chi connectivity index (χ4v) is 6.39. The van der Waals surface area contributed by atoms with Gasteiger partial charge in [-0.05, 0) is 75.4 Å². The lowest BCUT2D eigenvalue weighted by molar-refractivity contribution is -0.124. The summed E-state index contributed by atoms with van der Waals surface area (Å²) in [5.74, 6) is 1.46. The van der Waals surface area contributed by atoms with Gasteiger partial charge in [0.2, 0.25) is 5.91 Å². The first-order valence-corrected chi connectivity index (χ1v) is 13.2. The normalized spacial score (nSPS) is 26.7. The maximum atomic E-state index is 12.9. The van der Waals surface area contributed by atoms with Crippen molar-refractivity contribution >= 4 is 5.91 Å². The Morgan fingerprint density at radius 3 is 2.69 bits per heavy atom. The number of hydrogen-bond donors (Lipinski definition) is 1. The van der Waals surface area contributed by atoms with Crippen LogP contribution >= 0.6 is 0 Å². The van der Waals surface area contributed by atoms with Gasteiger partial charge < -0.3 is 19.7 Å². The summed E-state index contributed by atoms with van der Waals surface area (Å²) in [7, 11) is 5.76. The summed E-state index contributed by atoms with van der Waals surface area (Å²) in [6, 6.07) is 19.3. The lowest BCUT2D eigenvalue weighted by atomic mass is 9.57. The van der Waals surface area contributed by atoms with Crippen LogP contribution in [0.4, 0.5) is 0 Å². The molecule has 1 saturated carbocycles. The highest BCUT2D eigenvalue weighted by Gasteiger charge is 2.52. The first-order chi connectivity index (χ1) is 17.0. The lowest BCUT2D eigenvalue weighted by Crippen LogP contribution is -2.60. The number of benzene rings is 2. The number of aryl methyl sites for hydroxylation is 1. The molecular formula is C30H42N2O3. The highest BCUT2D eigenvalue weighted by atomic mass is 16.5. The van der Waals surface area contributed by atoms with Gasteiger partial charge in [-0.1, -0.05) is 48.9 Å². The van der Waals surface area contributed by atoms with E-state index in [9.17, 15) is 4.79 Å². The molecule has 5 nitrogen and oxygen atoms in total. The van der Waals surface area contributed by atoms with Crippen LogP contribution in [0, 0.1) is 5.92 Å². The highest BCUT2D eigenvalue weighted by Crippen LogP contribution is 2.50. The summed E-state index contributed by atoms with van der Waals surface area (Å²) in [6.45, 7) is 2.06. The Morgan fingerprint density at radius 1 is 1.09 bits per heavy atom. The lowest BCUT2D eigenvalue weighted by Gasteiger charge is -2.55. The molecule has 4 atom stereocenters. The van der Waals surface area contributed by atoms with E-state index in [2.05, 4.69) is 65.8 Å². The van der Waals surface area contributed by atoms with Crippen molar-refractivity contribution in [2.45, 2.75) is 68.9 Å². The van der Waals surface area contributed by atoms with Crippen LogP contribution in [-0.2, 0) is 21.4 Å². The number of fused-ring (bicyclic) bond motifs is 1. The van der Waals surface area contributed by atoms with Crippen molar-refractivity contribution < 1.29 is 14.3 Å². The number of hydrogen-bond acceptors (Lipinski definition) is 4. The molecule has 2 fully saturated rings. The Hall–Kier alpha value is -2.37. The minimum atomic E-state index is -0.0202. The summed E-state index contributed by atoms with van der Waals surface area (Å²) in [5, 5.41) is 3.40. The molecule has 0 bridgehead atoms.